The molecule has 2 nitrogen and oxygen atoms in total. The zero-order valence-electron chi connectivity index (χ0n) is 14.8. The second-order valence-corrected chi connectivity index (χ2v) is 6.31. The average Bonchev–Trinajstić information content (AvgIpc) is 2.75. The topological polar surface area (TPSA) is 29.1 Å². The first-order valence-electron chi connectivity index (χ1n) is 8.92. The lowest BCUT2D eigenvalue weighted by Gasteiger charge is -2.11. The van der Waals surface area contributed by atoms with E-state index in [2.05, 4.69) is 17.4 Å². The molecular weight excluding hydrogens is 330 g/mol. The fourth-order valence-electron chi connectivity index (χ4n) is 3.13. The molecule has 4 aromatic rings. The van der Waals surface area contributed by atoms with Crippen LogP contribution in [0.5, 0.6) is 0 Å². The molecule has 130 valence electrons. The number of benzene rings is 4. The monoisotopic (exact) mass is 349 g/mol. The minimum atomic E-state index is -0.109. The highest BCUT2D eigenvalue weighted by atomic mass is 16.1. The van der Waals surface area contributed by atoms with Crippen molar-refractivity contribution in [2.45, 2.75) is 0 Å². The lowest BCUT2D eigenvalue weighted by molar-refractivity contribution is 0.102. The highest BCUT2D eigenvalue weighted by molar-refractivity contribution is 6.08. The minimum absolute atomic E-state index is 0.109. The highest BCUT2D eigenvalue weighted by Gasteiger charge is 2.12. The van der Waals surface area contributed by atoms with Gasteiger partial charge in [0.2, 0.25) is 0 Å². The summed E-state index contributed by atoms with van der Waals surface area (Å²) in [4.78, 5) is 12.9. The largest absolute Gasteiger partial charge is 0.322 e. The van der Waals surface area contributed by atoms with E-state index in [1.807, 2.05) is 97.1 Å². The molecule has 1 amide bonds. The molecule has 4 aromatic carbocycles. The lowest BCUT2D eigenvalue weighted by atomic mass is 9.99. The van der Waals surface area contributed by atoms with Gasteiger partial charge in [-0.1, -0.05) is 91.0 Å². The molecule has 1 N–H and O–H groups in total. The zero-order chi connectivity index (χ0) is 18.5. The van der Waals surface area contributed by atoms with Gasteiger partial charge < -0.3 is 5.32 Å². The van der Waals surface area contributed by atoms with Crippen LogP contribution in [0.25, 0.3) is 22.3 Å². The smallest absolute Gasteiger partial charge is 0.256 e. The van der Waals surface area contributed by atoms with E-state index in [1.54, 1.807) is 0 Å². The Kier molecular flexibility index (Phi) is 4.80. The first-order valence-corrected chi connectivity index (χ1v) is 8.92. The van der Waals surface area contributed by atoms with Crippen LogP contribution in [-0.4, -0.2) is 5.91 Å². The van der Waals surface area contributed by atoms with Crippen LogP contribution in [0.4, 0.5) is 5.69 Å². The van der Waals surface area contributed by atoms with Crippen molar-refractivity contribution in [1.82, 2.24) is 0 Å². The van der Waals surface area contributed by atoms with Crippen molar-refractivity contribution >= 4 is 11.6 Å². The molecule has 0 saturated heterocycles. The van der Waals surface area contributed by atoms with Crippen molar-refractivity contribution in [3.63, 3.8) is 0 Å². The SMILES string of the molecule is O=C(Nc1ccc(-c2ccccc2)cc1)c1ccccc1-c1ccccc1. The molecule has 2 heteroatoms. The first-order chi connectivity index (χ1) is 13.3. The minimum Gasteiger partial charge on any atom is -0.322 e. The third kappa shape index (κ3) is 3.80. The van der Waals surface area contributed by atoms with Crippen molar-refractivity contribution in [3.8, 4) is 22.3 Å². The summed E-state index contributed by atoms with van der Waals surface area (Å²) in [5.74, 6) is -0.109. The number of carbonyl (C=O) groups is 1. The van der Waals surface area contributed by atoms with Gasteiger partial charge in [-0.3, -0.25) is 4.79 Å². The molecule has 0 spiro atoms. The van der Waals surface area contributed by atoms with Gasteiger partial charge in [-0.2, -0.15) is 0 Å². The average molecular weight is 349 g/mol. The first kappa shape index (κ1) is 16.8. The predicted molar refractivity (Wildman–Crippen MR) is 112 cm³/mol. The Morgan fingerprint density at radius 2 is 1.04 bits per heavy atom. The van der Waals surface area contributed by atoms with Crippen LogP contribution in [0.2, 0.25) is 0 Å². The maximum absolute atomic E-state index is 12.9. The Hall–Kier alpha value is -3.65. The van der Waals surface area contributed by atoms with E-state index in [0.29, 0.717) is 5.56 Å². The summed E-state index contributed by atoms with van der Waals surface area (Å²) >= 11 is 0. The van der Waals surface area contributed by atoms with Gasteiger partial charge in [0.1, 0.15) is 0 Å². The molecule has 0 saturated carbocycles. The van der Waals surface area contributed by atoms with Crippen LogP contribution in [-0.2, 0) is 0 Å². The van der Waals surface area contributed by atoms with Crippen LogP contribution in [0.15, 0.2) is 109 Å². The molecular formula is C25H19NO. The Labute approximate surface area is 159 Å². The quantitative estimate of drug-likeness (QED) is 0.462. The molecule has 4 rings (SSSR count). The maximum Gasteiger partial charge on any atom is 0.256 e. The molecule has 0 heterocycles. The van der Waals surface area contributed by atoms with Gasteiger partial charge in [0.15, 0.2) is 0 Å². The Morgan fingerprint density at radius 3 is 1.70 bits per heavy atom. The summed E-state index contributed by atoms with van der Waals surface area (Å²) < 4.78 is 0. The molecule has 0 aliphatic heterocycles. The standard InChI is InChI=1S/C25H19NO/c27-25(24-14-8-7-13-23(24)21-11-5-2-6-12-21)26-22-17-15-20(16-18-22)19-9-3-1-4-10-19/h1-18H,(H,26,27). The lowest BCUT2D eigenvalue weighted by Crippen LogP contribution is -2.13. The Balaban J connectivity index is 1.57. The van der Waals surface area contributed by atoms with Crippen molar-refractivity contribution in [2.24, 2.45) is 0 Å². The molecule has 0 radical (unpaired) electrons. The second kappa shape index (κ2) is 7.71. The third-order valence-electron chi connectivity index (χ3n) is 4.51. The molecule has 0 bridgehead atoms. The summed E-state index contributed by atoms with van der Waals surface area (Å²) in [5, 5.41) is 3.01. The summed E-state index contributed by atoms with van der Waals surface area (Å²) in [7, 11) is 0. The normalized spacial score (nSPS) is 10.4. The molecule has 0 unspecified atom stereocenters. The highest BCUT2D eigenvalue weighted by Crippen LogP contribution is 2.25. The number of carbonyl (C=O) groups excluding carboxylic acids is 1. The van der Waals surface area contributed by atoms with Crippen molar-refractivity contribution in [1.29, 1.82) is 0 Å². The van der Waals surface area contributed by atoms with Gasteiger partial charge in [0.25, 0.3) is 5.91 Å². The van der Waals surface area contributed by atoms with Gasteiger partial charge >= 0.3 is 0 Å². The molecule has 0 aromatic heterocycles. The van der Waals surface area contributed by atoms with Crippen LogP contribution in [0, 0.1) is 0 Å². The van der Waals surface area contributed by atoms with E-state index in [0.717, 1.165) is 27.9 Å². The number of hydrogen-bond acceptors (Lipinski definition) is 1. The van der Waals surface area contributed by atoms with Crippen molar-refractivity contribution in [2.75, 3.05) is 5.32 Å². The van der Waals surface area contributed by atoms with Gasteiger partial charge in [0.05, 0.1) is 0 Å². The van der Waals surface area contributed by atoms with Crippen LogP contribution < -0.4 is 5.32 Å². The molecule has 27 heavy (non-hydrogen) atoms. The summed E-state index contributed by atoms with van der Waals surface area (Å²) in [6.07, 6.45) is 0. The van der Waals surface area contributed by atoms with Gasteiger partial charge in [0, 0.05) is 11.3 Å². The maximum atomic E-state index is 12.9. The fourth-order valence-corrected chi connectivity index (χ4v) is 3.13. The van der Waals surface area contributed by atoms with E-state index >= 15 is 0 Å². The number of hydrogen-bond donors (Lipinski definition) is 1. The van der Waals surface area contributed by atoms with Gasteiger partial charge in [-0.05, 0) is 40.5 Å². The summed E-state index contributed by atoms with van der Waals surface area (Å²) in [6, 6.07) is 35.7. The van der Waals surface area contributed by atoms with Crippen molar-refractivity contribution in [3.05, 3.63) is 115 Å². The van der Waals surface area contributed by atoms with E-state index < -0.39 is 0 Å². The molecule has 0 aliphatic rings. The number of amides is 1. The van der Waals surface area contributed by atoms with Crippen LogP contribution in [0.3, 0.4) is 0 Å². The van der Waals surface area contributed by atoms with E-state index in [9.17, 15) is 4.79 Å². The second-order valence-electron chi connectivity index (χ2n) is 6.31. The van der Waals surface area contributed by atoms with Crippen molar-refractivity contribution < 1.29 is 4.79 Å². The van der Waals surface area contributed by atoms with E-state index in [1.165, 1.54) is 0 Å². The van der Waals surface area contributed by atoms with Crippen LogP contribution in [0.1, 0.15) is 10.4 Å². The Morgan fingerprint density at radius 1 is 0.519 bits per heavy atom. The molecule has 0 atom stereocenters. The number of nitrogens with one attached hydrogen (secondary N) is 1. The van der Waals surface area contributed by atoms with Gasteiger partial charge in [-0.15, -0.1) is 0 Å². The molecule has 0 fully saturated rings. The molecule has 0 aliphatic carbocycles. The zero-order valence-corrected chi connectivity index (χ0v) is 14.8. The summed E-state index contributed by atoms with van der Waals surface area (Å²) in [5.41, 5.74) is 5.68. The predicted octanol–water partition coefficient (Wildman–Crippen LogP) is 6.27. The van der Waals surface area contributed by atoms with Gasteiger partial charge in [-0.25, -0.2) is 0 Å². The summed E-state index contributed by atoms with van der Waals surface area (Å²) in [6.45, 7) is 0. The Bertz CT molecular complexity index is 1040. The number of rotatable bonds is 4. The van der Waals surface area contributed by atoms with E-state index in [4.69, 9.17) is 0 Å². The van der Waals surface area contributed by atoms with E-state index in [-0.39, 0.29) is 5.91 Å². The fraction of sp³-hybridized carbons (Fsp3) is 0. The third-order valence-corrected chi connectivity index (χ3v) is 4.51. The van der Waals surface area contributed by atoms with Crippen LogP contribution >= 0.6 is 0 Å². The number of anilines is 1.